The van der Waals surface area contributed by atoms with Crippen LogP contribution < -0.4 is 10.5 Å². The summed E-state index contributed by atoms with van der Waals surface area (Å²) in [5.41, 5.74) is 6.44. The first kappa shape index (κ1) is 12.3. The van der Waals surface area contributed by atoms with E-state index >= 15 is 0 Å². The van der Waals surface area contributed by atoms with Gasteiger partial charge in [0.25, 0.3) is 0 Å². The summed E-state index contributed by atoms with van der Waals surface area (Å²) in [6.45, 7) is 1.72. The third-order valence-corrected chi connectivity index (χ3v) is 2.55. The summed E-state index contributed by atoms with van der Waals surface area (Å²) in [6.07, 6.45) is 2.74. The van der Waals surface area contributed by atoms with Crippen LogP contribution in [0.5, 0.6) is 5.75 Å². The Balaban J connectivity index is 2.27. The van der Waals surface area contributed by atoms with Gasteiger partial charge in [0.1, 0.15) is 6.10 Å². The van der Waals surface area contributed by atoms with Crippen LogP contribution in [0.2, 0.25) is 0 Å². The van der Waals surface area contributed by atoms with Crippen LogP contribution in [0.1, 0.15) is 18.6 Å². The molecule has 94 valence electrons. The molecule has 1 atom stereocenters. The van der Waals surface area contributed by atoms with Crippen LogP contribution in [0.4, 0.5) is 14.5 Å². The van der Waals surface area contributed by atoms with Crippen molar-refractivity contribution in [3.05, 3.63) is 53.9 Å². The Labute approximate surface area is 103 Å². The molecular formula is C13H12F2N2O. The molecule has 2 N–H and O–H groups in total. The fourth-order valence-electron chi connectivity index (χ4n) is 1.55. The Morgan fingerprint density at radius 3 is 2.50 bits per heavy atom. The SMILES string of the molecule is CC(Oc1c(N)ccc(F)c1F)c1ccncc1. The molecule has 0 fully saturated rings. The van der Waals surface area contributed by atoms with Crippen LogP contribution in [-0.2, 0) is 0 Å². The van der Waals surface area contributed by atoms with Gasteiger partial charge in [0.15, 0.2) is 11.6 Å². The highest BCUT2D eigenvalue weighted by molar-refractivity contribution is 5.53. The molecule has 0 aliphatic heterocycles. The number of hydrogen-bond acceptors (Lipinski definition) is 3. The lowest BCUT2D eigenvalue weighted by molar-refractivity contribution is 0.215. The molecule has 1 heterocycles. The Morgan fingerprint density at radius 1 is 1.17 bits per heavy atom. The number of rotatable bonds is 3. The van der Waals surface area contributed by atoms with Crippen molar-refractivity contribution in [3.63, 3.8) is 0 Å². The molecule has 5 heteroatoms. The molecule has 0 spiro atoms. The van der Waals surface area contributed by atoms with Gasteiger partial charge in [-0.25, -0.2) is 4.39 Å². The number of ether oxygens (including phenoxy) is 1. The van der Waals surface area contributed by atoms with Gasteiger partial charge >= 0.3 is 0 Å². The predicted octanol–water partition coefficient (Wildman–Crippen LogP) is 3.08. The minimum absolute atomic E-state index is 0.0646. The van der Waals surface area contributed by atoms with Gasteiger partial charge in [0.05, 0.1) is 5.69 Å². The molecule has 0 saturated carbocycles. The number of aromatic nitrogens is 1. The highest BCUT2D eigenvalue weighted by Crippen LogP contribution is 2.31. The summed E-state index contributed by atoms with van der Waals surface area (Å²) in [4.78, 5) is 3.87. The van der Waals surface area contributed by atoms with Crippen LogP contribution in [0, 0.1) is 11.6 Å². The number of hydrogen-bond donors (Lipinski definition) is 1. The number of anilines is 1. The maximum Gasteiger partial charge on any atom is 0.202 e. The maximum absolute atomic E-state index is 13.5. The van der Waals surface area contributed by atoms with E-state index < -0.39 is 17.7 Å². The van der Waals surface area contributed by atoms with Crippen molar-refractivity contribution in [1.29, 1.82) is 0 Å². The summed E-state index contributed by atoms with van der Waals surface area (Å²) in [6, 6.07) is 5.71. The number of benzene rings is 1. The van der Waals surface area contributed by atoms with Gasteiger partial charge in [-0.3, -0.25) is 4.98 Å². The van der Waals surface area contributed by atoms with Gasteiger partial charge in [-0.1, -0.05) is 0 Å². The van der Waals surface area contributed by atoms with Crippen LogP contribution in [0.15, 0.2) is 36.7 Å². The third kappa shape index (κ3) is 2.40. The molecule has 0 aliphatic rings. The van der Waals surface area contributed by atoms with E-state index in [1.807, 2.05) is 0 Å². The molecule has 1 aromatic heterocycles. The van der Waals surface area contributed by atoms with E-state index in [0.717, 1.165) is 11.6 Å². The van der Waals surface area contributed by atoms with E-state index in [2.05, 4.69) is 4.98 Å². The molecule has 1 aromatic carbocycles. The van der Waals surface area contributed by atoms with E-state index in [4.69, 9.17) is 10.5 Å². The Kier molecular flexibility index (Phi) is 3.41. The zero-order valence-electron chi connectivity index (χ0n) is 9.73. The zero-order valence-corrected chi connectivity index (χ0v) is 9.73. The fourth-order valence-corrected chi connectivity index (χ4v) is 1.55. The Hall–Kier alpha value is -2.17. The largest absolute Gasteiger partial charge is 0.481 e. The molecule has 3 nitrogen and oxygen atoms in total. The smallest absolute Gasteiger partial charge is 0.202 e. The molecule has 0 bridgehead atoms. The average molecular weight is 250 g/mol. The molecule has 0 aliphatic carbocycles. The van der Waals surface area contributed by atoms with Gasteiger partial charge in [-0.15, -0.1) is 0 Å². The second-order valence-corrected chi connectivity index (χ2v) is 3.82. The number of pyridine rings is 1. The van der Waals surface area contributed by atoms with Crippen molar-refractivity contribution in [2.24, 2.45) is 0 Å². The van der Waals surface area contributed by atoms with Crippen LogP contribution >= 0.6 is 0 Å². The predicted molar refractivity (Wildman–Crippen MR) is 64.1 cm³/mol. The highest BCUT2D eigenvalue weighted by atomic mass is 19.2. The van der Waals surface area contributed by atoms with E-state index in [1.165, 1.54) is 6.07 Å². The molecular weight excluding hydrogens is 238 g/mol. The maximum atomic E-state index is 13.5. The second-order valence-electron chi connectivity index (χ2n) is 3.82. The minimum atomic E-state index is -1.07. The van der Waals surface area contributed by atoms with Crippen molar-refractivity contribution in [1.82, 2.24) is 4.98 Å². The Morgan fingerprint density at radius 2 is 1.83 bits per heavy atom. The number of nitrogens with zero attached hydrogens (tertiary/aromatic N) is 1. The summed E-state index contributed by atoms with van der Waals surface area (Å²) < 4.78 is 32.0. The molecule has 2 aromatic rings. The molecule has 18 heavy (non-hydrogen) atoms. The van der Waals surface area contributed by atoms with E-state index in [0.29, 0.717) is 0 Å². The zero-order chi connectivity index (χ0) is 13.1. The first-order valence-corrected chi connectivity index (χ1v) is 5.39. The highest BCUT2D eigenvalue weighted by Gasteiger charge is 2.16. The summed E-state index contributed by atoms with van der Waals surface area (Å²) in [5.74, 6) is -2.32. The lowest BCUT2D eigenvalue weighted by Gasteiger charge is -2.17. The van der Waals surface area contributed by atoms with Gasteiger partial charge in [-0.2, -0.15) is 4.39 Å². The fraction of sp³-hybridized carbons (Fsp3) is 0.154. The van der Waals surface area contributed by atoms with Gasteiger partial charge in [0, 0.05) is 12.4 Å². The quantitative estimate of drug-likeness (QED) is 0.851. The van der Waals surface area contributed by atoms with Gasteiger partial charge in [0.2, 0.25) is 5.82 Å². The van der Waals surface area contributed by atoms with Gasteiger partial charge < -0.3 is 10.5 Å². The summed E-state index contributed by atoms with van der Waals surface area (Å²) in [5, 5.41) is 0. The first-order valence-electron chi connectivity index (χ1n) is 5.39. The van der Waals surface area contributed by atoms with E-state index in [-0.39, 0.29) is 11.4 Å². The minimum Gasteiger partial charge on any atom is -0.481 e. The summed E-state index contributed by atoms with van der Waals surface area (Å²) >= 11 is 0. The topological polar surface area (TPSA) is 48.1 Å². The number of nitrogen functional groups attached to an aromatic ring is 1. The monoisotopic (exact) mass is 250 g/mol. The van der Waals surface area contributed by atoms with Crippen molar-refractivity contribution in [2.45, 2.75) is 13.0 Å². The van der Waals surface area contributed by atoms with Crippen molar-refractivity contribution < 1.29 is 13.5 Å². The number of nitrogens with two attached hydrogens (primary N) is 1. The van der Waals surface area contributed by atoms with E-state index in [9.17, 15) is 8.78 Å². The average Bonchev–Trinajstić information content (AvgIpc) is 2.40. The second kappa shape index (κ2) is 5.00. The van der Waals surface area contributed by atoms with E-state index in [1.54, 1.807) is 31.5 Å². The van der Waals surface area contributed by atoms with Crippen LogP contribution in [0.3, 0.4) is 0 Å². The van der Waals surface area contributed by atoms with Crippen LogP contribution in [0.25, 0.3) is 0 Å². The lowest BCUT2D eigenvalue weighted by Crippen LogP contribution is -2.07. The third-order valence-electron chi connectivity index (χ3n) is 2.55. The Bertz CT molecular complexity index is 546. The van der Waals surface area contributed by atoms with Crippen LogP contribution in [-0.4, -0.2) is 4.98 Å². The van der Waals surface area contributed by atoms with Crippen molar-refractivity contribution in [3.8, 4) is 5.75 Å². The molecule has 1 unspecified atom stereocenters. The van der Waals surface area contributed by atoms with Crippen molar-refractivity contribution >= 4 is 5.69 Å². The molecule has 0 saturated heterocycles. The standard InChI is InChI=1S/C13H12F2N2O/c1-8(9-4-6-17-7-5-9)18-13-11(16)3-2-10(14)12(13)15/h2-8H,16H2,1H3. The normalized spacial score (nSPS) is 12.2. The number of halogens is 2. The first-order chi connectivity index (χ1) is 8.59. The molecule has 0 radical (unpaired) electrons. The molecule has 2 rings (SSSR count). The lowest BCUT2D eigenvalue weighted by atomic mass is 10.2. The summed E-state index contributed by atoms with van der Waals surface area (Å²) in [7, 11) is 0. The van der Waals surface area contributed by atoms with Gasteiger partial charge in [-0.05, 0) is 36.8 Å². The molecule has 0 amide bonds. The van der Waals surface area contributed by atoms with Crippen molar-refractivity contribution in [2.75, 3.05) is 5.73 Å².